The first-order valence-corrected chi connectivity index (χ1v) is 14.3. The summed E-state index contributed by atoms with van der Waals surface area (Å²) in [5.74, 6) is -3.90. The highest BCUT2D eigenvalue weighted by Gasteiger charge is 2.74. The van der Waals surface area contributed by atoms with Crippen LogP contribution in [-0.4, -0.2) is 81.9 Å². The van der Waals surface area contributed by atoms with E-state index in [1.165, 1.54) is 20.8 Å². The van der Waals surface area contributed by atoms with Crippen LogP contribution in [0.2, 0.25) is 0 Å². The number of allylic oxidation sites excluding steroid dienone is 3. The molecule has 2 N–H and O–H groups in total. The molecule has 0 aromatic heterocycles. The van der Waals surface area contributed by atoms with E-state index in [4.69, 9.17) is 23.7 Å². The Morgan fingerprint density at radius 3 is 1.84 bits per heavy atom. The van der Waals surface area contributed by atoms with Crippen LogP contribution in [-0.2, 0) is 42.9 Å². The predicted molar refractivity (Wildman–Crippen MR) is 156 cm³/mol. The van der Waals surface area contributed by atoms with Crippen LogP contribution < -0.4 is 0 Å². The van der Waals surface area contributed by atoms with Gasteiger partial charge in [-0.15, -0.1) is 0 Å². The van der Waals surface area contributed by atoms with Crippen molar-refractivity contribution in [1.29, 1.82) is 0 Å². The minimum Gasteiger partial charge on any atom is -0.458 e. The van der Waals surface area contributed by atoms with Gasteiger partial charge in [0.25, 0.3) is 0 Å². The number of ether oxygens (including phenoxy) is 5. The molecule has 1 aliphatic heterocycles. The van der Waals surface area contributed by atoms with E-state index in [1.54, 1.807) is 66.7 Å². The molecule has 0 radical (unpaired) electrons. The van der Waals surface area contributed by atoms with E-state index in [1.807, 2.05) is 0 Å². The van der Waals surface area contributed by atoms with Crippen molar-refractivity contribution in [3.05, 3.63) is 47.1 Å². The SMILES string of the molecule is C=C(C(CC(O)C(C)(C)O)OC(=O)C(C)=CC)[C@H]1[C@H](OC(=O)/C(C)=C\C)[C@H]2O[C@@]2(C)[C@@H](OC(=O)C(C)=CC)[C@H]1OC(C)=O. The monoisotopic (exact) mass is 606 g/mol. The van der Waals surface area contributed by atoms with Gasteiger partial charge in [0.1, 0.15) is 23.9 Å². The van der Waals surface area contributed by atoms with E-state index in [0.717, 1.165) is 0 Å². The normalized spacial score (nSPS) is 29.0. The molecular weight excluding hydrogens is 560 g/mol. The Hall–Kier alpha value is -3.28. The fourth-order valence-corrected chi connectivity index (χ4v) is 4.80. The van der Waals surface area contributed by atoms with E-state index in [9.17, 15) is 29.4 Å². The van der Waals surface area contributed by atoms with Crippen molar-refractivity contribution in [2.45, 2.75) is 123 Å². The third-order valence-corrected chi connectivity index (χ3v) is 8.15. The lowest BCUT2D eigenvalue weighted by Crippen LogP contribution is -2.60. The Labute approximate surface area is 253 Å². The second-order valence-electron chi connectivity index (χ2n) is 11.8. The number of fused-ring (bicyclic) bond motifs is 1. The lowest BCUT2D eigenvalue weighted by molar-refractivity contribution is -0.185. The maximum absolute atomic E-state index is 13.0. The molecule has 240 valence electrons. The molecule has 1 saturated heterocycles. The fourth-order valence-electron chi connectivity index (χ4n) is 4.80. The quantitative estimate of drug-likeness (QED) is 0.110. The molecule has 2 aliphatic rings. The summed E-state index contributed by atoms with van der Waals surface area (Å²) in [6, 6.07) is 0. The summed E-state index contributed by atoms with van der Waals surface area (Å²) in [6.07, 6.45) is -2.66. The zero-order valence-corrected chi connectivity index (χ0v) is 26.8. The van der Waals surface area contributed by atoms with Gasteiger partial charge in [0, 0.05) is 30.1 Å². The summed E-state index contributed by atoms with van der Waals surface area (Å²) in [5, 5.41) is 21.3. The summed E-state index contributed by atoms with van der Waals surface area (Å²) in [7, 11) is 0. The smallest absolute Gasteiger partial charge is 0.333 e. The Bertz CT molecular complexity index is 1200. The van der Waals surface area contributed by atoms with Gasteiger partial charge in [-0.2, -0.15) is 0 Å². The van der Waals surface area contributed by atoms with Crippen LogP contribution in [0.15, 0.2) is 47.1 Å². The molecule has 1 aliphatic carbocycles. The van der Waals surface area contributed by atoms with Crippen LogP contribution in [0.25, 0.3) is 0 Å². The topological polar surface area (TPSA) is 158 Å². The standard InChI is InChI=1S/C32H46O11/c1-12-16(4)28(35)40-21(15-22(34)31(9,10)38)19(7)23-24(39-20(8)33)26(42-30(37)18(6)14-3)32(11)27(43-32)25(23)41-29(36)17(5)13-2/h12-14,21-27,34,38H,7,15H2,1-6,8-11H3/b16-12?,17-13-,18-14?/t21?,22?,23-,24+,25+,26+,27-,32+/m1/s1. The van der Waals surface area contributed by atoms with Crippen LogP contribution in [0.3, 0.4) is 0 Å². The molecular formula is C32H46O11. The molecule has 0 amide bonds. The van der Waals surface area contributed by atoms with Gasteiger partial charge >= 0.3 is 23.9 Å². The molecule has 0 bridgehead atoms. The highest BCUT2D eigenvalue weighted by Crippen LogP contribution is 2.55. The van der Waals surface area contributed by atoms with Crippen molar-refractivity contribution in [3.63, 3.8) is 0 Å². The van der Waals surface area contributed by atoms with Gasteiger partial charge in [-0.3, -0.25) is 4.79 Å². The molecule has 1 heterocycles. The fraction of sp³-hybridized carbons (Fsp3) is 0.625. The number of rotatable bonds is 12. The molecule has 0 aromatic rings. The van der Waals surface area contributed by atoms with Gasteiger partial charge < -0.3 is 33.9 Å². The van der Waals surface area contributed by atoms with Gasteiger partial charge in [-0.25, -0.2) is 14.4 Å². The highest BCUT2D eigenvalue weighted by atomic mass is 16.7. The summed E-state index contributed by atoms with van der Waals surface area (Å²) in [6.45, 7) is 19.5. The molecule has 2 unspecified atom stereocenters. The number of hydrogen-bond acceptors (Lipinski definition) is 11. The van der Waals surface area contributed by atoms with Gasteiger partial charge in [-0.05, 0) is 67.9 Å². The Morgan fingerprint density at radius 2 is 1.37 bits per heavy atom. The highest BCUT2D eigenvalue weighted by molar-refractivity contribution is 5.89. The third kappa shape index (κ3) is 8.21. The van der Waals surface area contributed by atoms with E-state index in [2.05, 4.69) is 6.58 Å². The summed E-state index contributed by atoms with van der Waals surface area (Å²) in [4.78, 5) is 51.4. The van der Waals surface area contributed by atoms with E-state index >= 15 is 0 Å². The van der Waals surface area contributed by atoms with Crippen molar-refractivity contribution in [1.82, 2.24) is 0 Å². The number of epoxide rings is 1. The number of aliphatic hydroxyl groups excluding tert-OH is 1. The van der Waals surface area contributed by atoms with Gasteiger partial charge in [0.15, 0.2) is 12.2 Å². The van der Waals surface area contributed by atoms with Gasteiger partial charge in [0.2, 0.25) is 0 Å². The van der Waals surface area contributed by atoms with Crippen molar-refractivity contribution in [2.75, 3.05) is 0 Å². The zero-order chi connectivity index (χ0) is 33.0. The molecule has 2 rings (SSSR count). The van der Waals surface area contributed by atoms with E-state index < -0.39 is 77.6 Å². The summed E-state index contributed by atoms with van der Waals surface area (Å²) in [5.41, 5.74) is -1.81. The van der Waals surface area contributed by atoms with Crippen LogP contribution in [0.4, 0.5) is 0 Å². The van der Waals surface area contributed by atoms with Crippen molar-refractivity contribution in [3.8, 4) is 0 Å². The molecule has 2 fully saturated rings. The average Bonchev–Trinajstić information content (AvgIpc) is 3.64. The molecule has 43 heavy (non-hydrogen) atoms. The minimum absolute atomic E-state index is 0.101. The minimum atomic E-state index is -1.59. The predicted octanol–water partition coefficient (Wildman–Crippen LogP) is 3.42. The third-order valence-electron chi connectivity index (χ3n) is 8.15. The number of esters is 4. The maximum Gasteiger partial charge on any atom is 0.333 e. The van der Waals surface area contributed by atoms with E-state index in [0.29, 0.717) is 11.1 Å². The molecule has 1 saturated carbocycles. The number of carbonyl (C=O) groups is 4. The van der Waals surface area contributed by atoms with Crippen LogP contribution in [0.1, 0.15) is 75.7 Å². The first-order chi connectivity index (χ1) is 19.8. The largest absolute Gasteiger partial charge is 0.458 e. The second-order valence-corrected chi connectivity index (χ2v) is 11.8. The van der Waals surface area contributed by atoms with Crippen LogP contribution in [0.5, 0.6) is 0 Å². The molecule has 0 spiro atoms. The molecule has 11 nitrogen and oxygen atoms in total. The summed E-state index contributed by atoms with van der Waals surface area (Å²) < 4.78 is 29.4. The lowest BCUT2D eigenvalue weighted by atomic mass is 9.71. The Morgan fingerprint density at radius 1 is 0.884 bits per heavy atom. The second kappa shape index (κ2) is 14.0. The van der Waals surface area contributed by atoms with Crippen molar-refractivity contribution >= 4 is 23.9 Å². The van der Waals surface area contributed by atoms with Gasteiger partial charge in [-0.1, -0.05) is 24.8 Å². The number of hydrogen-bond donors (Lipinski definition) is 2. The number of carbonyl (C=O) groups excluding carboxylic acids is 4. The van der Waals surface area contributed by atoms with E-state index in [-0.39, 0.29) is 17.6 Å². The van der Waals surface area contributed by atoms with Crippen molar-refractivity contribution < 1.29 is 53.1 Å². The number of aliphatic hydroxyl groups is 2. The van der Waals surface area contributed by atoms with Gasteiger partial charge in [0.05, 0.1) is 17.6 Å². The average molecular weight is 607 g/mol. The molecule has 8 atom stereocenters. The maximum atomic E-state index is 13.0. The lowest BCUT2D eigenvalue weighted by Gasteiger charge is -2.43. The molecule has 0 aromatic carbocycles. The summed E-state index contributed by atoms with van der Waals surface area (Å²) >= 11 is 0. The Kier molecular flexibility index (Phi) is 11.7. The van der Waals surface area contributed by atoms with Crippen molar-refractivity contribution in [2.24, 2.45) is 5.92 Å². The zero-order valence-electron chi connectivity index (χ0n) is 26.8. The Balaban J connectivity index is 2.73. The van der Waals surface area contributed by atoms with Crippen LogP contribution in [0, 0.1) is 5.92 Å². The first-order valence-electron chi connectivity index (χ1n) is 14.3. The van der Waals surface area contributed by atoms with Crippen LogP contribution >= 0.6 is 0 Å². The first kappa shape index (κ1) is 35.9. The molecule has 11 heteroatoms.